The Morgan fingerprint density at radius 3 is 2.52 bits per heavy atom. The van der Waals surface area contributed by atoms with Crippen molar-refractivity contribution in [2.45, 2.75) is 40.0 Å². The highest BCUT2D eigenvalue weighted by Crippen LogP contribution is 2.33. The summed E-state index contributed by atoms with van der Waals surface area (Å²) in [6.07, 6.45) is 0.946. The second-order valence-electron chi connectivity index (χ2n) is 7.80. The number of nitrogens with zero attached hydrogens (tertiary/aromatic N) is 4. The maximum atomic E-state index is 12.9. The highest BCUT2D eigenvalue weighted by molar-refractivity contribution is 6.30. The molecule has 4 rings (SSSR count). The molecule has 31 heavy (non-hydrogen) atoms. The number of halogens is 1. The number of aryl methyl sites for hydroxylation is 2. The Labute approximate surface area is 186 Å². The molecule has 1 N–H and O–H groups in total. The predicted molar refractivity (Wildman–Crippen MR) is 124 cm³/mol. The van der Waals surface area contributed by atoms with Gasteiger partial charge in [0.25, 0.3) is 5.91 Å². The van der Waals surface area contributed by atoms with Gasteiger partial charge in [0.2, 0.25) is 0 Å². The number of amides is 1. The zero-order valence-corrected chi connectivity index (χ0v) is 18.7. The second-order valence-corrected chi connectivity index (χ2v) is 8.24. The van der Waals surface area contributed by atoms with Gasteiger partial charge in [0, 0.05) is 10.7 Å². The number of nitrogens with one attached hydrogen (secondary N) is 1. The van der Waals surface area contributed by atoms with Crippen molar-refractivity contribution in [3.8, 4) is 11.1 Å². The average molecular weight is 434 g/mol. The molecule has 2 aromatic heterocycles. The Balaban J connectivity index is 1.77. The quantitative estimate of drug-likeness (QED) is 0.438. The molecule has 0 aliphatic rings. The number of aromatic nitrogens is 4. The molecule has 6 nitrogen and oxygen atoms in total. The number of rotatable bonds is 5. The van der Waals surface area contributed by atoms with E-state index in [0.29, 0.717) is 22.1 Å². The lowest BCUT2D eigenvalue weighted by Crippen LogP contribution is -2.18. The molecule has 1 amide bonds. The van der Waals surface area contributed by atoms with E-state index >= 15 is 0 Å². The minimum atomic E-state index is -0.318. The van der Waals surface area contributed by atoms with Crippen LogP contribution in [0.25, 0.3) is 16.8 Å². The van der Waals surface area contributed by atoms with Crippen LogP contribution >= 0.6 is 11.6 Å². The summed E-state index contributed by atoms with van der Waals surface area (Å²) in [5.74, 6) is -0.161. The maximum Gasteiger partial charge on any atom is 0.278 e. The van der Waals surface area contributed by atoms with E-state index in [0.717, 1.165) is 23.2 Å². The molecule has 0 fully saturated rings. The third kappa shape index (κ3) is 4.03. The summed E-state index contributed by atoms with van der Waals surface area (Å²) in [6.45, 7) is 8.07. The van der Waals surface area contributed by atoms with Gasteiger partial charge in [-0.15, -0.1) is 10.2 Å². The van der Waals surface area contributed by atoms with Gasteiger partial charge < -0.3 is 5.32 Å². The van der Waals surface area contributed by atoms with Crippen LogP contribution in [0.3, 0.4) is 0 Å². The maximum absolute atomic E-state index is 12.9. The summed E-state index contributed by atoms with van der Waals surface area (Å²) in [4.78, 5) is 12.9. The van der Waals surface area contributed by atoms with Crippen LogP contribution in [0.4, 0.5) is 5.69 Å². The number of benzene rings is 2. The van der Waals surface area contributed by atoms with Crippen molar-refractivity contribution >= 4 is 28.8 Å². The third-order valence-electron chi connectivity index (χ3n) is 5.29. The molecule has 0 atom stereocenters. The van der Waals surface area contributed by atoms with E-state index in [1.54, 1.807) is 4.52 Å². The van der Waals surface area contributed by atoms with Gasteiger partial charge in [-0.3, -0.25) is 4.79 Å². The third-order valence-corrected chi connectivity index (χ3v) is 5.52. The number of hydrogen-bond acceptors (Lipinski definition) is 4. The van der Waals surface area contributed by atoms with Crippen LogP contribution in [0.1, 0.15) is 54.1 Å². The van der Waals surface area contributed by atoms with Crippen molar-refractivity contribution in [3.05, 3.63) is 76.2 Å². The molecule has 0 radical (unpaired) electrons. The molecule has 0 saturated carbocycles. The van der Waals surface area contributed by atoms with Gasteiger partial charge >= 0.3 is 0 Å². The Hall–Kier alpha value is -3.25. The molecule has 2 heterocycles. The van der Waals surface area contributed by atoms with Crippen molar-refractivity contribution in [1.29, 1.82) is 0 Å². The van der Waals surface area contributed by atoms with Crippen molar-refractivity contribution in [2.24, 2.45) is 0 Å². The van der Waals surface area contributed by atoms with E-state index in [1.165, 1.54) is 5.56 Å². The van der Waals surface area contributed by atoms with Crippen LogP contribution in [-0.4, -0.2) is 25.7 Å². The van der Waals surface area contributed by atoms with E-state index in [1.807, 2.05) is 55.5 Å². The number of fused-ring (bicyclic) bond motifs is 1. The minimum Gasteiger partial charge on any atom is -0.321 e. The van der Waals surface area contributed by atoms with Crippen LogP contribution < -0.4 is 5.32 Å². The van der Waals surface area contributed by atoms with Gasteiger partial charge in [0.1, 0.15) is 0 Å². The predicted octanol–water partition coefficient (Wildman–Crippen LogP) is 5.69. The Morgan fingerprint density at radius 1 is 1.13 bits per heavy atom. The van der Waals surface area contributed by atoms with Crippen LogP contribution in [0.15, 0.2) is 48.5 Å². The van der Waals surface area contributed by atoms with Crippen molar-refractivity contribution in [2.75, 3.05) is 5.32 Å². The lowest BCUT2D eigenvalue weighted by atomic mass is 9.99. The summed E-state index contributed by atoms with van der Waals surface area (Å²) in [7, 11) is 0. The molecular formula is C24H24ClN5O. The molecule has 4 aromatic rings. The standard InChI is InChI=1S/C24H24ClN5O/c1-5-16-9-11-19(12-10-16)26-24(31)22-15(4)30-23(28-27-22)20(21(29-30)14(2)3)17-7-6-8-18(25)13-17/h6-14H,5H2,1-4H3,(H,26,31). The van der Waals surface area contributed by atoms with Gasteiger partial charge in [-0.05, 0) is 54.7 Å². The number of hydrogen-bond donors (Lipinski definition) is 1. The highest BCUT2D eigenvalue weighted by atomic mass is 35.5. The Morgan fingerprint density at radius 2 is 1.87 bits per heavy atom. The zero-order valence-electron chi connectivity index (χ0n) is 18.0. The van der Waals surface area contributed by atoms with Crippen molar-refractivity contribution < 1.29 is 4.79 Å². The van der Waals surface area contributed by atoms with Crippen LogP contribution in [0.5, 0.6) is 0 Å². The molecule has 0 bridgehead atoms. The van der Waals surface area contributed by atoms with Gasteiger partial charge in [0.05, 0.1) is 17.0 Å². The molecule has 0 saturated heterocycles. The van der Waals surface area contributed by atoms with E-state index in [-0.39, 0.29) is 17.5 Å². The lowest BCUT2D eigenvalue weighted by Gasteiger charge is -2.08. The van der Waals surface area contributed by atoms with Gasteiger partial charge in [0.15, 0.2) is 11.3 Å². The molecule has 0 aliphatic heterocycles. The average Bonchev–Trinajstić information content (AvgIpc) is 3.15. The fraction of sp³-hybridized carbons (Fsp3) is 0.250. The van der Waals surface area contributed by atoms with Crippen molar-refractivity contribution in [1.82, 2.24) is 19.8 Å². The fourth-order valence-electron chi connectivity index (χ4n) is 3.57. The second kappa shape index (κ2) is 8.47. The summed E-state index contributed by atoms with van der Waals surface area (Å²) in [5.41, 5.74) is 6.08. The Bertz CT molecular complexity index is 1260. The first-order valence-electron chi connectivity index (χ1n) is 10.3. The molecule has 0 aliphatic carbocycles. The number of anilines is 1. The molecule has 2 aromatic carbocycles. The molecule has 158 valence electrons. The lowest BCUT2D eigenvalue weighted by molar-refractivity contribution is 0.102. The highest BCUT2D eigenvalue weighted by Gasteiger charge is 2.23. The van der Waals surface area contributed by atoms with Crippen LogP contribution in [0.2, 0.25) is 5.02 Å². The monoisotopic (exact) mass is 433 g/mol. The van der Waals surface area contributed by atoms with E-state index in [4.69, 9.17) is 16.7 Å². The van der Waals surface area contributed by atoms with Crippen LogP contribution in [-0.2, 0) is 6.42 Å². The summed E-state index contributed by atoms with van der Waals surface area (Å²) in [5, 5.41) is 17.0. The molecular weight excluding hydrogens is 410 g/mol. The van der Waals surface area contributed by atoms with Crippen molar-refractivity contribution in [3.63, 3.8) is 0 Å². The molecule has 7 heteroatoms. The summed E-state index contributed by atoms with van der Waals surface area (Å²) < 4.78 is 1.70. The van der Waals surface area contributed by atoms with E-state index < -0.39 is 0 Å². The minimum absolute atomic E-state index is 0.157. The topological polar surface area (TPSA) is 72.2 Å². The number of carbonyl (C=O) groups excluding carboxylic acids is 1. The number of carbonyl (C=O) groups is 1. The first-order chi connectivity index (χ1) is 14.9. The van der Waals surface area contributed by atoms with Gasteiger partial charge in [-0.25, -0.2) is 4.52 Å². The normalized spacial score (nSPS) is 11.3. The Kier molecular flexibility index (Phi) is 5.74. The SMILES string of the molecule is CCc1ccc(NC(=O)c2nnc3c(-c4cccc(Cl)c4)c(C(C)C)nn3c2C)cc1. The van der Waals surface area contributed by atoms with Gasteiger partial charge in [-0.1, -0.05) is 56.6 Å². The molecule has 0 spiro atoms. The van der Waals surface area contributed by atoms with Gasteiger partial charge in [-0.2, -0.15) is 5.10 Å². The van der Waals surface area contributed by atoms with Crippen LogP contribution in [0, 0.1) is 6.92 Å². The molecule has 0 unspecified atom stereocenters. The first kappa shape index (κ1) is 21.0. The smallest absolute Gasteiger partial charge is 0.278 e. The largest absolute Gasteiger partial charge is 0.321 e. The summed E-state index contributed by atoms with van der Waals surface area (Å²) in [6, 6.07) is 15.4. The van der Waals surface area contributed by atoms with E-state index in [9.17, 15) is 4.79 Å². The zero-order chi connectivity index (χ0) is 22.1. The summed E-state index contributed by atoms with van der Waals surface area (Å²) >= 11 is 6.22. The fourth-order valence-corrected chi connectivity index (χ4v) is 3.76. The van der Waals surface area contributed by atoms with E-state index in [2.05, 4.69) is 36.3 Å². The first-order valence-corrected chi connectivity index (χ1v) is 10.7.